The minimum atomic E-state index is -4.70. The lowest BCUT2D eigenvalue weighted by Crippen LogP contribution is -2.45. The maximum atomic E-state index is 13.6. The number of anilines is 1. The molecule has 0 N–H and O–H groups in total. The van der Waals surface area contributed by atoms with Crippen LogP contribution in [0.15, 0.2) is 83.3 Å². The molecular formula is C28H25F3N4O2. The number of rotatable bonds is 5. The molecule has 5 rings (SSSR count). The van der Waals surface area contributed by atoms with Crippen LogP contribution in [-0.2, 0) is 12.7 Å². The Morgan fingerprint density at radius 3 is 2.22 bits per heavy atom. The summed E-state index contributed by atoms with van der Waals surface area (Å²) in [4.78, 5) is 17.3. The molecule has 1 aliphatic rings. The van der Waals surface area contributed by atoms with E-state index in [0.29, 0.717) is 25.2 Å². The van der Waals surface area contributed by atoms with Crippen LogP contribution in [0.2, 0.25) is 0 Å². The maximum absolute atomic E-state index is 13.6. The predicted octanol–water partition coefficient (Wildman–Crippen LogP) is 7.03. The fraction of sp³-hybridized carbons (Fsp3) is 0.250. The largest absolute Gasteiger partial charge is 0.470 e. The highest BCUT2D eigenvalue weighted by atomic mass is 19.4. The van der Waals surface area contributed by atoms with Crippen LogP contribution in [0.3, 0.4) is 0 Å². The molecule has 4 aromatic rings. The number of amides is 2. The van der Waals surface area contributed by atoms with Gasteiger partial charge in [-0.25, -0.2) is 4.79 Å². The highest BCUT2D eigenvalue weighted by Crippen LogP contribution is 2.31. The van der Waals surface area contributed by atoms with Crippen LogP contribution < -0.4 is 4.90 Å². The van der Waals surface area contributed by atoms with Gasteiger partial charge >= 0.3 is 18.1 Å². The number of urea groups is 1. The number of nitrogens with zero attached hydrogens (tertiary/aromatic N) is 4. The van der Waals surface area contributed by atoms with Crippen molar-refractivity contribution in [3.8, 4) is 22.6 Å². The Morgan fingerprint density at radius 1 is 0.838 bits per heavy atom. The molecule has 1 saturated heterocycles. The average molecular weight is 507 g/mol. The summed E-state index contributed by atoms with van der Waals surface area (Å²) >= 11 is 0. The van der Waals surface area contributed by atoms with Gasteiger partial charge in [0.15, 0.2) is 0 Å². The van der Waals surface area contributed by atoms with Crippen molar-refractivity contribution < 1.29 is 22.4 Å². The summed E-state index contributed by atoms with van der Waals surface area (Å²) in [6.45, 7) is 1.72. The van der Waals surface area contributed by atoms with Gasteiger partial charge in [-0.15, -0.1) is 10.2 Å². The third kappa shape index (κ3) is 5.66. The summed E-state index contributed by atoms with van der Waals surface area (Å²) in [5, 5.41) is 6.59. The van der Waals surface area contributed by atoms with Gasteiger partial charge in [0.2, 0.25) is 5.89 Å². The van der Waals surface area contributed by atoms with Gasteiger partial charge in [0.25, 0.3) is 0 Å². The molecule has 0 spiro atoms. The monoisotopic (exact) mass is 506 g/mol. The van der Waals surface area contributed by atoms with Crippen molar-refractivity contribution in [3.05, 3.63) is 90.3 Å². The molecule has 2 amide bonds. The minimum absolute atomic E-state index is 0.0688. The van der Waals surface area contributed by atoms with Gasteiger partial charge in [-0.3, -0.25) is 4.90 Å². The van der Waals surface area contributed by atoms with Crippen LogP contribution in [0.5, 0.6) is 0 Å². The molecule has 3 aromatic carbocycles. The summed E-state index contributed by atoms with van der Waals surface area (Å²) in [5.74, 6) is -1.60. The first-order chi connectivity index (χ1) is 17.9. The van der Waals surface area contributed by atoms with Gasteiger partial charge in [0.1, 0.15) is 0 Å². The van der Waals surface area contributed by atoms with E-state index in [9.17, 15) is 18.0 Å². The van der Waals surface area contributed by atoms with E-state index in [1.807, 2.05) is 59.5 Å². The van der Waals surface area contributed by atoms with Crippen molar-refractivity contribution in [3.63, 3.8) is 0 Å². The molecule has 1 aromatic heterocycles. The second kappa shape index (κ2) is 10.5. The number of benzene rings is 3. The van der Waals surface area contributed by atoms with E-state index in [0.717, 1.165) is 41.6 Å². The van der Waals surface area contributed by atoms with Crippen LogP contribution in [0, 0.1) is 0 Å². The minimum Gasteiger partial charge on any atom is -0.413 e. The second-order valence-corrected chi connectivity index (χ2v) is 8.94. The molecule has 2 heterocycles. The molecular weight excluding hydrogens is 481 g/mol. The number of piperidine rings is 1. The lowest BCUT2D eigenvalue weighted by Gasteiger charge is -2.33. The predicted molar refractivity (Wildman–Crippen MR) is 134 cm³/mol. The molecule has 0 radical (unpaired) electrons. The van der Waals surface area contributed by atoms with Crippen molar-refractivity contribution in [2.75, 3.05) is 18.0 Å². The number of halogens is 3. The Hall–Kier alpha value is -4.14. The quantitative estimate of drug-likeness (QED) is 0.291. The fourth-order valence-corrected chi connectivity index (χ4v) is 4.40. The highest BCUT2D eigenvalue weighted by molar-refractivity contribution is 5.93. The zero-order valence-corrected chi connectivity index (χ0v) is 20.0. The Kier molecular flexibility index (Phi) is 6.94. The maximum Gasteiger partial charge on any atom is 0.470 e. The molecule has 9 heteroatoms. The third-order valence-corrected chi connectivity index (χ3v) is 6.33. The van der Waals surface area contributed by atoms with Crippen molar-refractivity contribution in [1.29, 1.82) is 0 Å². The number of hydrogen-bond acceptors (Lipinski definition) is 4. The molecule has 0 unspecified atom stereocenters. The molecule has 0 aliphatic carbocycles. The van der Waals surface area contributed by atoms with Gasteiger partial charge in [-0.05, 0) is 60.2 Å². The summed E-state index contributed by atoms with van der Waals surface area (Å²) < 4.78 is 43.2. The Balaban J connectivity index is 1.42. The Bertz CT molecular complexity index is 1350. The van der Waals surface area contributed by atoms with E-state index in [1.165, 1.54) is 0 Å². The van der Waals surface area contributed by atoms with Crippen molar-refractivity contribution >= 4 is 11.7 Å². The molecule has 37 heavy (non-hydrogen) atoms. The van der Waals surface area contributed by atoms with Crippen molar-refractivity contribution in [2.45, 2.75) is 32.0 Å². The van der Waals surface area contributed by atoms with Crippen molar-refractivity contribution in [1.82, 2.24) is 15.1 Å². The second-order valence-electron chi connectivity index (χ2n) is 8.94. The van der Waals surface area contributed by atoms with Gasteiger partial charge in [0, 0.05) is 24.3 Å². The van der Waals surface area contributed by atoms with Gasteiger partial charge in [-0.1, -0.05) is 54.6 Å². The average Bonchev–Trinajstić information content (AvgIpc) is 3.44. The summed E-state index contributed by atoms with van der Waals surface area (Å²) in [7, 11) is 0. The first-order valence-corrected chi connectivity index (χ1v) is 12.1. The standard InChI is InChI=1S/C28H25F3N4O2/c29-28(30,31)26-33-32-25(37-26)22-14-12-20(13-15-22)19-35(27(36)34-16-5-2-6-17-34)24-11-7-10-23(18-24)21-8-3-1-4-9-21/h1,3-4,7-15,18H,2,5-6,16-17,19H2. The lowest BCUT2D eigenvalue weighted by atomic mass is 10.0. The first-order valence-electron chi connectivity index (χ1n) is 12.1. The third-order valence-electron chi connectivity index (χ3n) is 6.33. The van der Waals surface area contributed by atoms with Crippen LogP contribution >= 0.6 is 0 Å². The van der Waals surface area contributed by atoms with Gasteiger partial charge in [-0.2, -0.15) is 13.2 Å². The first kappa shape index (κ1) is 24.5. The summed E-state index contributed by atoms with van der Waals surface area (Å²) in [5.41, 5.74) is 4.01. The van der Waals surface area contributed by atoms with Crippen LogP contribution in [-0.4, -0.2) is 34.2 Å². The molecule has 0 atom stereocenters. The highest BCUT2D eigenvalue weighted by Gasteiger charge is 2.38. The molecule has 1 fully saturated rings. The SMILES string of the molecule is O=C(N1CCCCC1)N(Cc1ccc(-c2nnc(C(F)(F)F)o2)cc1)c1cccc(-c2ccccc2)c1. The Labute approximate surface area is 212 Å². The number of alkyl halides is 3. The van der Waals surface area contributed by atoms with Gasteiger partial charge in [0.05, 0.1) is 6.54 Å². The number of hydrogen-bond donors (Lipinski definition) is 0. The Morgan fingerprint density at radius 2 is 1.54 bits per heavy atom. The van der Waals surface area contributed by atoms with E-state index in [-0.39, 0.29) is 11.9 Å². The van der Waals surface area contributed by atoms with Crippen LogP contribution in [0.4, 0.5) is 23.7 Å². The van der Waals surface area contributed by atoms with Crippen LogP contribution in [0.25, 0.3) is 22.6 Å². The van der Waals surface area contributed by atoms with E-state index in [2.05, 4.69) is 10.2 Å². The normalized spacial score (nSPS) is 14.0. The van der Waals surface area contributed by atoms with E-state index in [4.69, 9.17) is 4.42 Å². The summed E-state index contributed by atoms with van der Waals surface area (Å²) in [6, 6.07) is 24.5. The topological polar surface area (TPSA) is 62.5 Å². The van der Waals surface area contributed by atoms with Crippen LogP contribution in [0.1, 0.15) is 30.7 Å². The molecule has 1 aliphatic heterocycles. The molecule has 0 bridgehead atoms. The number of aromatic nitrogens is 2. The number of carbonyl (C=O) groups is 1. The van der Waals surface area contributed by atoms with E-state index in [1.54, 1.807) is 29.2 Å². The molecule has 6 nitrogen and oxygen atoms in total. The number of carbonyl (C=O) groups excluding carboxylic acids is 1. The zero-order valence-electron chi connectivity index (χ0n) is 20.0. The summed E-state index contributed by atoms with van der Waals surface area (Å²) in [6.07, 6.45) is -1.64. The van der Waals surface area contributed by atoms with Gasteiger partial charge < -0.3 is 9.32 Å². The number of likely N-dealkylation sites (tertiary alicyclic amines) is 1. The smallest absolute Gasteiger partial charge is 0.413 e. The molecule has 190 valence electrons. The fourth-order valence-electron chi connectivity index (χ4n) is 4.40. The lowest BCUT2D eigenvalue weighted by molar-refractivity contribution is -0.156. The van der Waals surface area contributed by atoms with E-state index >= 15 is 0 Å². The molecule has 0 saturated carbocycles. The zero-order chi connectivity index (χ0) is 25.8. The van der Waals surface area contributed by atoms with E-state index < -0.39 is 12.1 Å². The van der Waals surface area contributed by atoms with Crippen molar-refractivity contribution in [2.24, 2.45) is 0 Å².